The SMILES string of the molecule is COc1ccccc1CN1CCOC2(CCCCN(c3ccccc3)C2=O)C1. The molecule has 5 nitrogen and oxygen atoms in total. The number of carbonyl (C=O) groups is 1. The Hall–Kier alpha value is -2.37. The number of morpholine rings is 1. The van der Waals surface area contributed by atoms with Gasteiger partial charge >= 0.3 is 0 Å². The van der Waals surface area contributed by atoms with Gasteiger partial charge < -0.3 is 14.4 Å². The molecule has 0 radical (unpaired) electrons. The van der Waals surface area contributed by atoms with Crippen molar-refractivity contribution in [3.63, 3.8) is 0 Å². The summed E-state index contributed by atoms with van der Waals surface area (Å²) in [5.41, 5.74) is 1.34. The predicted molar refractivity (Wildman–Crippen MR) is 110 cm³/mol. The van der Waals surface area contributed by atoms with Crippen molar-refractivity contribution in [3.05, 3.63) is 60.2 Å². The Labute approximate surface area is 166 Å². The first-order valence-corrected chi connectivity index (χ1v) is 10.1. The van der Waals surface area contributed by atoms with E-state index >= 15 is 0 Å². The first kappa shape index (κ1) is 19.0. The fourth-order valence-corrected chi connectivity index (χ4v) is 4.34. The van der Waals surface area contributed by atoms with Gasteiger partial charge in [0.25, 0.3) is 5.91 Å². The topological polar surface area (TPSA) is 42.0 Å². The monoisotopic (exact) mass is 380 g/mol. The molecule has 1 atom stereocenters. The van der Waals surface area contributed by atoms with E-state index in [0.29, 0.717) is 13.2 Å². The Bertz CT molecular complexity index is 811. The van der Waals surface area contributed by atoms with Gasteiger partial charge in [-0.15, -0.1) is 0 Å². The number of methoxy groups -OCH3 is 1. The van der Waals surface area contributed by atoms with Gasteiger partial charge in [-0.25, -0.2) is 0 Å². The minimum Gasteiger partial charge on any atom is -0.496 e. The molecule has 0 N–H and O–H groups in total. The van der Waals surface area contributed by atoms with Crippen LogP contribution in [0.1, 0.15) is 24.8 Å². The number of carbonyl (C=O) groups excluding carboxylic acids is 1. The average Bonchev–Trinajstić information content (AvgIpc) is 2.89. The minimum atomic E-state index is -0.757. The molecule has 2 aromatic carbocycles. The molecule has 2 heterocycles. The summed E-state index contributed by atoms with van der Waals surface area (Å²) < 4.78 is 11.7. The lowest BCUT2D eigenvalue weighted by molar-refractivity contribution is -0.158. The van der Waals surface area contributed by atoms with Gasteiger partial charge in [0.2, 0.25) is 0 Å². The summed E-state index contributed by atoms with van der Waals surface area (Å²) in [5.74, 6) is 0.988. The number of rotatable bonds is 4. The molecule has 0 aromatic heterocycles. The van der Waals surface area contributed by atoms with Gasteiger partial charge in [0.1, 0.15) is 5.75 Å². The molecule has 0 saturated carbocycles. The van der Waals surface area contributed by atoms with Crippen LogP contribution in [0.25, 0.3) is 0 Å². The van der Waals surface area contributed by atoms with Crippen LogP contribution in [-0.4, -0.2) is 49.8 Å². The van der Waals surface area contributed by atoms with Gasteiger partial charge in [0.15, 0.2) is 5.60 Å². The lowest BCUT2D eigenvalue weighted by atomic mass is 9.93. The van der Waals surface area contributed by atoms with Crippen LogP contribution in [0.3, 0.4) is 0 Å². The Kier molecular flexibility index (Phi) is 5.64. The Balaban J connectivity index is 1.56. The molecule has 2 aliphatic heterocycles. The minimum absolute atomic E-state index is 0.0981. The van der Waals surface area contributed by atoms with Crippen molar-refractivity contribution in [3.8, 4) is 5.75 Å². The highest BCUT2D eigenvalue weighted by Gasteiger charge is 2.47. The van der Waals surface area contributed by atoms with E-state index in [2.05, 4.69) is 11.0 Å². The summed E-state index contributed by atoms with van der Waals surface area (Å²) in [7, 11) is 1.70. The second kappa shape index (κ2) is 8.33. The van der Waals surface area contributed by atoms with Crippen LogP contribution in [-0.2, 0) is 16.1 Å². The third-order valence-electron chi connectivity index (χ3n) is 5.77. The smallest absolute Gasteiger partial charge is 0.260 e. The first-order valence-electron chi connectivity index (χ1n) is 10.1. The number of benzene rings is 2. The molecule has 4 rings (SSSR count). The van der Waals surface area contributed by atoms with E-state index in [0.717, 1.165) is 55.9 Å². The van der Waals surface area contributed by atoms with Gasteiger partial charge in [-0.1, -0.05) is 36.4 Å². The van der Waals surface area contributed by atoms with Crippen LogP contribution in [0, 0.1) is 0 Å². The molecule has 2 saturated heterocycles. The van der Waals surface area contributed by atoms with E-state index in [1.807, 2.05) is 53.4 Å². The zero-order valence-electron chi connectivity index (χ0n) is 16.5. The van der Waals surface area contributed by atoms with E-state index in [-0.39, 0.29) is 5.91 Å². The summed E-state index contributed by atoms with van der Waals surface area (Å²) in [4.78, 5) is 17.8. The van der Waals surface area contributed by atoms with E-state index in [1.54, 1.807) is 7.11 Å². The molecular weight excluding hydrogens is 352 g/mol. The van der Waals surface area contributed by atoms with Gasteiger partial charge in [0.05, 0.1) is 13.7 Å². The Morgan fingerprint density at radius 2 is 1.82 bits per heavy atom. The Morgan fingerprint density at radius 3 is 2.64 bits per heavy atom. The fourth-order valence-electron chi connectivity index (χ4n) is 4.34. The molecule has 1 unspecified atom stereocenters. The van der Waals surface area contributed by atoms with Gasteiger partial charge in [0, 0.05) is 37.4 Å². The van der Waals surface area contributed by atoms with Crippen molar-refractivity contribution < 1.29 is 14.3 Å². The number of ether oxygens (including phenoxy) is 2. The third kappa shape index (κ3) is 3.77. The Morgan fingerprint density at radius 1 is 1.04 bits per heavy atom. The van der Waals surface area contributed by atoms with E-state index < -0.39 is 5.60 Å². The molecule has 2 aromatic rings. The number of hydrogen-bond donors (Lipinski definition) is 0. The lowest BCUT2D eigenvalue weighted by Gasteiger charge is -2.42. The molecule has 0 aliphatic carbocycles. The van der Waals surface area contributed by atoms with Gasteiger partial charge in [-0.2, -0.15) is 0 Å². The van der Waals surface area contributed by atoms with Crippen LogP contribution in [0.2, 0.25) is 0 Å². The van der Waals surface area contributed by atoms with Crippen LogP contribution in [0.5, 0.6) is 5.75 Å². The molecule has 2 fully saturated rings. The molecule has 1 spiro atoms. The van der Waals surface area contributed by atoms with Crippen molar-refractivity contribution in [1.29, 1.82) is 0 Å². The van der Waals surface area contributed by atoms with Gasteiger partial charge in [-0.05, 0) is 37.5 Å². The normalized spacial score (nSPS) is 23.6. The van der Waals surface area contributed by atoms with Crippen molar-refractivity contribution >= 4 is 11.6 Å². The highest BCUT2D eigenvalue weighted by Crippen LogP contribution is 2.33. The predicted octanol–water partition coefficient (Wildman–Crippen LogP) is 3.48. The second-order valence-corrected chi connectivity index (χ2v) is 7.61. The molecule has 2 aliphatic rings. The highest BCUT2D eigenvalue weighted by molar-refractivity contribution is 6.00. The zero-order chi connectivity index (χ0) is 19.4. The third-order valence-corrected chi connectivity index (χ3v) is 5.77. The van der Waals surface area contributed by atoms with Crippen molar-refractivity contribution in [1.82, 2.24) is 4.90 Å². The van der Waals surface area contributed by atoms with Crippen molar-refractivity contribution in [2.45, 2.75) is 31.4 Å². The quantitative estimate of drug-likeness (QED) is 0.814. The maximum Gasteiger partial charge on any atom is 0.260 e. The molecule has 1 amide bonds. The summed E-state index contributed by atoms with van der Waals surface area (Å²) in [6.45, 7) is 3.52. The number of anilines is 1. The maximum absolute atomic E-state index is 13.6. The number of para-hydroxylation sites is 2. The van der Waals surface area contributed by atoms with Crippen LogP contribution >= 0.6 is 0 Å². The molecule has 5 heteroatoms. The molecular formula is C23H28N2O3. The van der Waals surface area contributed by atoms with Crippen LogP contribution in [0.15, 0.2) is 54.6 Å². The first-order chi connectivity index (χ1) is 13.7. The summed E-state index contributed by atoms with van der Waals surface area (Å²) in [6.07, 6.45) is 2.77. The van der Waals surface area contributed by atoms with Crippen LogP contribution < -0.4 is 9.64 Å². The standard InChI is InChI=1S/C23H28N2O3/c1-27-21-12-6-5-9-19(21)17-24-15-16-28-23(18-24)13-7-8-14-25(22(23)26)20-10-3-2-4-11-20/h2-6,9-12H,7-8,13-18H2,1H3. The van der Waals surface area contributed by atoms with E-state index in [1.165, 1.54) is 0 Å². The van der Waals surface area contributed by atoms with E-state index in [4.69, 9.17) is 9.47 Å². The average molecular weight is 380 g/mol. The molecule has 28 heavy (non-hydrogen) atoms. The maximum atomic E-state index is 13.6. The molecule has 0 bridgehead atoms. The lowest BCUT2D eigenvalue weighted by Crippen LogP contribution is -2.59. The van der Waals surface area contributed by atoms with Crippen molar-refractivity contribution in [2.75, 3.05) is 38.3 Å². The second-order valence-electron chi connectivity index (χ2n) is 7.61. The summed E-state index contributed by atoms with van der Waals surface area (Å²) in [5, 5.41) is 0. The summed E-state index contributed by atoms with van der Waals surface area (Å²) in [6, 6.07) is 18.0. The molecule has 148 valence electrons. The zero-order valence-corrected chi connectivity index (χ0v) is 16.5. The number of hydrogen-bond acceptors (Lipinski definition) is 4. The number of nitrogens with zero attached hydrogens (tertiary/aromatic N) is 2. The summed E-state index contributed by atoms with van der Waals surface area (Å²) >= 11 is 0. The van der Waals surface area contributed by atoms with E-state index in [9.17, 15) is 4.79 Å². The van der Waals surface area contributed by atoms with Crippen molar-refractivity contribution in [2.24, 2.45) is 0 Å². The largest absolute Gasteiger partial charge is 0.496 e. The van der Waals surface area contributed by atoms with Gasteiger partial charge in [-0.3, -0.25) is 9.69 Å². The fraction of sp³-hybridized carbons (Fsp3) is 0.435. The number of amides is 1. The van der Waals surface area contributed by atoms with Crippen LogP contribution in [0.4, 0.5) is 5.69 Å². The highest BCUT2D eigenvalue weighted by atomic mass is 16.5.